The maximum atomic E-state index is 12.2. The van der Waals surface area contributed by atoms with E-state index in [1.165, 1.54) is 0 Å². The fourth-order valence-corrected chi connectivity index (χ4v) is 3.68. The third kappa shape index (κ3) is 4.03. The number of carbonyl (C=O) groups is 1. The maximum Gasteiger partial charge on any atom is 0.137 e. The molecule has 1 saturated carbocycles. The van der Waals surface area contributed by atoms with Gasteiger partial charge in [-0.15, -0.1) is 0 Å². The highest BCUT2D eigenvalue weighted by Crippen LogP contribution is 2.37. The Kier molecular flexibility index (Phi) is 4.57. The molecule has 2 aliphatic rings. The van der Waals surface area contributed by atoms with Gasteiger partial charge in [0.2, 0.25) is 0 Å². The van der Waals surface area contributed by atoms with Crippen molar-refractivity contribution < 1.29 is 14.6 Å². The summed E-state index contributed by atoms with van der Waals surface area (Å²) >= 11 is 0. The largest absolute Gasteiger partial charge is 0.394 e. The zero-order valence-electron chi connectivity index (χ0n) is 13.3. The molecule has 0 amide bonds. The Morgan fingerprint density at radius 3 is 2.70 bits per heavy atom. The first kappa shape index (κ1) is 15.9. The summed E-state index contributed by atoms with van der Waals surface area (Å²) in [5.41, 5.74) is 0.0235. The first-order valence-corrected chi connectivity index (χ1v) is 7.74. The molecule has 4 nitrogen and oxygen atoms in total. The standard InChI is InChI=1S/C16H29NO3/c1-15(2)6-5-14(19)12(7-15)8-17-9-13(10-18)20-16(3,4)11-17/h12-13,18H,5-11H2,1-4H3. The van der Waals surface area contributed by atoms with Gasteiger partial charge >= 0.3 is 0 Å². The molecule has 1 heterocycles. The average Bonchev–Trinajstić information content (AvgIpc) is 2.31. The van der Waals surface area contributed by atoms with Gasteiger partial charge in [0.1, 0.15) is 5.78 Å². The number of ketones is 1. The summed E-state index contributed by atoms with van der Waals surface area (Å²) in [7, 11) is 0. The number of hydrogen-bond acceptors (Lipinski definition) is 4. The van der Waals surface area contributed by atoms with Crippen molar-refractivity contribution >= 4 is 5.78 Å². The summed E-state index contributed by atoms with van der Waals surface area (Å²) in [6.45, 7) is 11.0. The lowest BCUT2D eigenvalue weighted by molar-refractivity contribution is -0.154. The van der Waals surface area contributed by atoms with E-state index < -0.39 is 0 Å². The van der Waals surface area contributed by atoms with Crippen LogP contribution in [-0.4, -0.2) is 53.7 Å². The Labute approximate surface area is 122 Å². The van der Waals surface area contributed by atoms with Gasteiger partial charge in [-0.05, 0) is 32.1 Å². The van der Waals surface area contributed by atoms with E-state index in [2.05, 4.69) is 32.6 Å². The summed E-state index contributed by atoms with van der Waals surface area (Å²) < 4.78 is 5.83. The van der Waals surface area contributed by atoms with Crippen molar-refractivity contribution in [2.75, 3.05) is 26.2 Å². The van der Waals surface area contributed by atoms with Crippen LogP contribution in [0, 0.1) is 11.3 Å². The van der Waals surface area contributed by atoms with Crippen LogP contribution in [0.1, 0.15) is 47.0 Å². The van der Waals surface area contributed by atoms with Gasteiger partial charge in [-0.1, -0.05) is 13.8 Å². The minimum absolute atomic E-state index is 0.0457. The highest BCUT2D eigenvalue weighted by atomic mass is 16.5. The van der Waals surface area contributed by atoms with Crippen molar-refractivity contribution in [3.8, 4) is 0 Å². The Morgan fingerprint density at radius 2 is 2.05 bits per heavy atom. The number of aliphatic hydroxyl groups is 1. The Bertz CT molecular complexity index is 365. The van der Waals surface area contributed by atoms with Crippen LogP contribution in [-0.2, 0) is 9.53 Å². The lowest BCUT2D eigenvalue weighted by Gasteiger charge is -2.44. The number of Topliss-reactive ketones (excluding diaryl/α,β-unsaturated/α-hetero) is 1. The number of rotatable bonds is 3. The first-order valence-electron chi connectivity index (χ1n) is 7.74. The summed E-state index contributed by atoms with van der Waals surface area (Å²) in [5, 5.41) is 9.36. The van der Waals surface area contributed by atoms with Crippen LogP contribution in [0.25, 0.3) is 0 Å². The van der Waals surface area contributed by atoms with E-state index in [4.69, 9.17) is 4.74 Å². The molecule has 0 bridgehead atoms. The fraction of sp³-hybridized carbons (Fsp3) is 0.938. The van der Waals surface area contributed by atoms with E-state index in [0.717, 1.165) is 38.9 Å². The van der Waals surface area contributed by atoms with Gasteiger partial charge in [0.05, 0.1) is 18.3 Å². The number of nitrogens with zero attached hydrogens (tertiary/aromatic N) is 1. The number of carbonyl (C=O) groups excluding carboxylic acids is 1. The third-order valence-corrected chi connectivity index (χ3v) is 4.54. The Morgan fingerprint density at radius 1 is 1.35 bits per heavy atom. The molecule has 0 aromatic carbocycles. The summed E-state index contributed by atoms with van der Waals surface area (Å²) in [6.07, 6.45) is 2.57. The molecule has 2 unspecified atom stereocenters. The molecule has 1 aliphatic carbocycles. The van der Waals surface area contributed by atoms with E-state index in [1.54, 1.807) is 0 Å². The average molecular weight is 283 g/mol. The fourth-order valence-electron chi connectivity index (χ4n) is 3.68. The lowest BCUT2D eigenvalue weighted by atomic mass is 9.71. The van der Waals surface area contributed by atoms with Crippen LogP contribution in [0.2, 0.25) is 0 Å². The molecular weight excluding hydrogens is 254 g/mol. The zero-order chi connectivity index (χ0) is 15.0. The van der Waals surface area contributed by atoms with Gasteiger partial charge < -0.3 is 9.84 Å². The zero-order valence-corrected chi connectivity index (χ0v) is 13.3. The number of morpholine rings is 1. The number of ether oxygens (including phenoxy) is 1. The van der Waals surface area contributed by atoms with E-state index in [1.807, 2.05) is 0 Å². The normalized spacial score (nSPS) is 34.1. The van der Waals surface area contributed by atoms with Gasteiger partial charge in [-0.2, -0.15) is 0 Å². The van der Waals surface area contributed by atoms with Crippen LogP contribution in [0.15, 0.2) is 0 Å². The van der Waals surface area contributed by atoms with Gasteiger partial charge in [0, 0.05) is 32.0 Å². The second-order valence-corrected chi connectivity index (χ2v) is 7.91. The first-order chi connectivity index (χ1) is 9.21. The van der Waals surface area contributed by atoms with Gasteiger partial charge in [-0.25, -0.2) is 0 Å². The molecule has 2 fully saturated rings. The molecule has 116 valence electrons. The van der Waals surface area contributed by atoms with Crippen LogP contribution in [0.4, 0.5) is 0 Å². The van der Waals surface area contributed by atoms with Gasteiger partial charge in [0.15, 0.2) is 0 Å². The molecule has 2 atom stereocenters. The van der Waals surface area contributed by atoms with Crippen molar-refractivity contribution in [1.82, 2.24) is 4.90 Å². The highest BCUT2D eigenvalue weighted by molar-refractivity contribution is 5.82. The number of hydrogen-bond donors (Lipinski definition) is 1. The predicted octanol–water partition coefficient (Wildman–Crippen LogP) is 1.85. The van der Waals surface area contributed by atoms with Crippen LogP contribution >= 0.6 is 0 Å². The Balaban J connectivity index is 1.99. The molecule has 0 aromatic heterocycles. The lowest BCUT2D eigenvalue weighted by Crippen LogP contribution is -2.55. The minimum atomic E-state index is -0.251. The van der Waals surface area contributed by atoms with E-state index in [9.17, 15) is 9.90 Å². The van der Waals surface area contributed by atoms with Crippen molar-refractivity contribution in [3.63, 3.8) is 0 Å². The summed E-state index contributed by atoms with van der Waals surface area (Å²) in [4.78, 5) is 14.5. The van der Waals surface area contributed by atoms with Crippen molar-refractivity contribution in [3.05, 3.63) is 0 Å². The second kappa shape index (κ2) is 5.74. The minimum Gasteiger partial charge on any atom is -0.394 e. The van der Waals surface area contributed by atoms with Gasteiger partial charge in [0.25, 0.3) is 0 Å². The molecule has 1 saturated heterocycles. The molecule has 0 aromatic rings. The van der Waals surface area contributed by atoms with Crippen molar-refractivity contribution in [2.45, 2.75) is 58.7 Å². The monoisotopic (exact) mass is 283 g/mol. The van der Waals surface area contributed by atoms with Gasteiger partial charge in [-0.3, -0.25) is 9.69 Å². The van der Waals surface area contributed by atoms with Crippen LogP contribution in [0.5, 0.6) is 0 Å². The summed E-state index contributed by atoms with van der Waals surface area (Å²) in [5.74, 6) is 0.557. The second-order valence-electron chi connectivity index (χ2n) is 7.91. The van der Waals surface area contributed by atoms with Crippen LogP contribution in [0.3, 0.4) is 0 Å². The van der Waals surface area contributed by atoms with E-state index >= 15 is 0 Å². The molecular formula is C16H29NO3. The molecule has 0 spiro atoms. The Hall–Kier alpha value is -0.450. The van der Waals surface area contributed by atoms with Crippen molar-refractivity contribution in [1.29, 1.82) is 0 Å². The molecule has 20 heavy (non-hydrogen) atoms. The molecule has 4 heteroatoms. The molecule has 1 aliphatic heterocycles. The topological polar surface area (TPSA) is 49.8 Å². The predicted molar refractivity (Wildman–Crippen MR) is 78.6 cm³/mol. The summed E-state index contributed by atoms with van der Waals surface area (Å²) in [6, 6.07) is 0. The van der Waals surface area contributed by atoms with Crippen LogP contribution < -0.4 is 0 Å². The third-order valence-electron chi connectivity index (χ3n) is 4.54. The smallest absolute Gasteiger partial charge is 0.137 e. The highest BCUT2D eigenvalue weighted by Gasteiger charge is 2.38. The quantitative estimate of drug-likeness (QED) is 0.859. The molecule has 1 N–H and O–H groups in total. The maximum absolute atomic E-state index is 12.2. The molecule has 2 rings (SSSR count). The molecule has 0 radical (unpaired) electrons. The van der Waals surface area contributed by atoms with E-state index in [-0.39, 0.29) is 29.6 Å². The number of aliphatic hydroxyl groups excluding tert-OH is 1. The SMILES string of the molecule is CC1(C)CCC(=O)C(CN2CC(CO)OC(C)(C)C2)C1. The van der Waals surface area contributed by atoms with Crippen molar-refractivity contribution in [2.24, 2.45) is 11.3 Å². The van der Waals surface area contributed by atoms with E-state index in [0.29, 0.717) is 5.78 Å².